The Balaban J connectivity index is 1.43. The van der Waals surface area contributed by atoms with Crippen molar-refractivity contribution in [1.29, 1.82) is 0 Å². The zero-order valence-electron chi connectivity index (χ0n) is 27.1. The van der Waals surface area contributed by atoms with Crippen LogP contribution in [-0.4, -0.2) is 6.71 Å². The minimum absolute atomic E-state index is 0.0823. The normalized spacial score (nSPS) is 12.7. The fourth-order valence-corrected chi connectivity index (χ4v) is 7.87. The number of hydrogen-bond donors (Lipinski definition) is 0. The van der Waals surface area contributed by atoms with E-state index in [-0.39, 0.29) is 6.71 Å². The van der Waals surface area contributed by atoms with Crippen molar-refractivity contribution < 1.29 is 0 Å². The minimum Gasteiger partial charge on any atom is -0.311 e. The molecule has 0 atom stereocenters. The maximum absolute atomic E-state index is 2.53. The zero-order valence-corrected chi connectivity index (χ0v) is 27.1. The molecule has 0 bridgehead atoms. The van der Waals surface area contributed by atoms with E-state index in [1.807, 2.05) is 0 Å². The first kappa shape index (κ1) is 28.2. The van der Waals surface area contributed by atoms with Crippen LogP contribution < -0.4 is 31.1 Å². The van der Waals surface area contributed by atoms with Gasteiger partial charge in [-0.05, 0) is 102 Å². The average molecular weight is 616 g/mol. The van der Waals surface area contributed by atoms with Crippen LogP contribution in [0.5, 0.6) is 0 Å². The van der Waals surface area contributed by atoms with E-state index in [1.54, 1.807) is 0 Å². The lowest BCUT2D eigenvalue weighted by Crippen LogP contribution is -2.61. The fourth-order valence-electron chi connectivity index (χ4n) is 7.87. The SMILES string of the molecule is Cc1cccc(C)c1N1c2ccccc2B2c3ccccc3N(c3ccccc3)c3cc(N(c4ccccc4)c4ccccc4)cc1c32. The van der Waals surface area contributed by atoms with Gasteiger partial charge in [-0.15, -0.1) is 0 Å². The number of benzene rings is 7. The van der Waals surface area contributed by atoms with E-state index in [0.717, 1.165) is 22.7 Å². The number of hydrogen-bond acceptors (Lipinski definition) is 3. The summed E-state index contributed by atoms with van der Waals surface area (Å²) in [7, 11) is 0. The van der Waals surface area contributed by atoms with E-state index in [4.69, 9.17) is 0 Å². The van der Waals surface area contributed by atoms with Crippen LogP contribution in [-0.2, 0) is 0 Å². The largest absolute Gasteiger partial charge is 0.311 e. The van der Waals surface area contributed by atoms with Crippen molar-refractivity contribution in [1.82, 2.24) is 0 Å². The summed E-state index contributed by atoms with van der Waals surface area (Å²) < 4.78 is 0. The molecule has 0 saturated carbocycles. The Labute approximate surface area is 283 Å². The number of anilines is 9. The number of fused-ring (bicyclic) bond motifs is 4. The Hall–Kier alpha value is -6.00. The summed E-state index contributed by atoms with van der Waals surface area (Å²) in [4.78, 5) is 7.39. The summed E-state index contributed by atoms with van der Waals surface area (Å²) in [6, 6.07) is 61.7. The number of nitrogens with zero attached hydrogens (tertiary/aromatic N) is 3. The van der Waals surface area contributed by atoms with Gasteiger partial charge in [-0.2, -0.15) is 0 Å². The third-order valence-corrected chi connectivity index (χ3v) is 9.83. The third kappa shape index (κ3) is 4.37. The van der Waals surface area contributed by atoms with Crippen LogP contribution in [0.15, 0.2) is 170 Å². The molecular formula is C44H34BN3. The molecule has 4 heteroatoms. The van der Waals surface area contributed by atoms with Gasteiger partial charge in [0.25, 0.3) is 6.71 Å². The molecule has 0 unspecified atom stereocenters. The van der Waals surface area contributed by atoms with Gasteiger partial charge in [-0.1, -0.05) is 109 Å². The Morgan fingerprint density at radius 1 is 0.417 bits per heavy atom. The monoisotopic (exact) mass is 615 g/mol. The van der Waals surface area contributed by atoms with E-state index in [2.05, 4.69) is 198 Å². The van der Waals surface area contributed by atoms with Crippen molar-refractivity contribution in [3.8, 4) is 0 Å². The van der Waals surface area contributed by atoms with Crippen LogP contribution in [0.3, 0.4) is 0 Å². The molecule has 2 heterocycles. The number of rotatable bonds is 5. The predicted molar refractivity (Wildman–Crippen MR) is 205 cm³/mol. The van der Waals surface area contributed by atoms with Crippen molar-refractivity contribution in [3.63, 3.8) is 0 Å². The van der Waals surface area contributed by atoms with Crippen molar-refractivity contribution >= 4 is 74.3 Å². The average Bonchev–Trinajstić information content (AvgIpc) is 3.13. The molecule has 0 N–H and O–H groups in total. The fraction of sp³-hybridized carbons (Fsp3) is 0.0455. The van der Waals surface area contributed by atoms with Crippen LogP contribution in [0.2, 0.25) is 0 Å². The Kier molecular flexibility index (Phi) is 6.68. The Bertz CT molecular complexity index is 2230. The molecule has 0 aromatic heterocycles. The standard InChI is InChI=1S/C44H34BN3/c1-31-17-16-18-32(2)44(31)48-40-28-15-13-26-38(40)45-37-25-12-14-27-39(37)47(35-23-10-5-11-24-35)41-29-36(30-42(48)43(41)45)46(33-19-6-3-7-20-33)34-21-8-4-9-22-34/h3-30H,1-2H3. The van der Waals surface area contributed by atoms with Gasteiger partial charge in [0, 0.05) is 39.8 Å². The molecule has 228 valence electrons. The van der Waals surface area contributed by atoms with Gasteiger partial charge >= 0.3 is 0 Å². The molecule has 48 heavy (non-hydrogen) atoms. The summed E-state index contributed by atoms with van der Waals surface area (Å²) in [5.41, 5.74) is 17.0. The lowest BCUT2D eigenvalue weighted by Gasteiger charge is -2.45. The molecule has 2 aliphatic heterocycles. The van der Waals surface area contributed by atoms with E-state index in [0.29, 0.717) is 0 Å². The number of para-hydroxylation sites is 6. The van der Waals surface area contributed by atoms with E-state index < -0.39 is 0 Å². The summed E-state index contributed by atoms with van der Waals surface area (Å²) in [6.07, 6.45) is 0. The molecule has 9 rings (SSSR count). The predicted octanol–water partition coefficient (Wildman–Crippen LogP) is 9.86. The van der Waals surface area contributed by atoms with Gasteiger partial charge in [0.1, 0.15) is 0 Å². The van der Waals surface area contributed by atoms with E-state index in [1.165, 1.54) is 56.0 Å². The molecular weight excluding hydrogens is 581 g/mol. The lowest BCUT2D eigenvalue weighted by molar-refractivity contribution is 1.20. The molecule has 2 aliphatic rings. The quantitative estimate of drug-likeness (QED) is 0.179. The van der Waals surface area contributed by atoms with Gasteiger partial charge in [-0.3, -0.25) is 0 Å². The Morgan fingerprint density at radius 2 is 0.875 bits per heavy atom. The first-order valence-electron chi connectivity index (χ1n) is 16.7. The number of aryl methyl sites for hydroxylation is 2. The maximum Gasteiger partial charge on any atom is 0.252 e. The molecule has 0 saturated heterocycles. The molecule has 7 aromatic carbocycles. The second-order valence-electron chi connectivity index (χ2n) is 12.7. The maximum atomic E-state index is 2.53. The second-order valence-corrected chi connectivity index (χ2v) is 12.7. The highest BCUT2D eigenvalue weighted by Crippen LogP contribution is 2.48. The summed E-state index contributed by atoms with van der Waals surface area (Å²) in [5.74, 6) is 0. The van der Waals surface area contributed by atoms with E-state index in [9.17, 15) is 0 Å². The second kappa shape index (κ2) is 11.4. The molecule has 7 aromatic rings. The zero-order chi connectivity index (χ0) is 32.2. The molecule has 0 spiro atoms. The van der Waals surface area contributed by atoms with Gasteiger partial charge in [-0.25, -0.2) is 0 Å². The van der Waals surface area contributed by atoms with Crippen molar-refractivity contribution in [2.75, 3.05) is 14.7 Å². The van der Waals surface area contributed by atoms with Crippen LogP contribution in [0.25, 0.3) is 0 Å². The Morgan fingerprint density at radius 3 is 1.44 bits per heavy atom. The highest BCUT2D eigenvalue weighted by atomic mass is 15.2. The van der Waals surface area contributed by atoms with E-state index >= 15 is 0 Å². The van der Waals surface area contributed by atoms with Gasteiger partial charge < -0.3 is 14.7 Å². The van der Waals surface area contributed by atoms with Crippen molar-refractivity contribution in [2.45, 2.75) is 13.8 Å². The third-order valence-electron chi connectivity index (χ3n) is 9.83. The first-order chi connectivity index (χ1) is 23.7. The summed E-state index contributed by atoms with van der Waals surface area (Å²) in [6.45, 7) is 4.55. The highest BCUT2D eigenvalue weighted by Gasteiger charge is 2.44. The lowest BCUT2D eigenvalue weighted by atomic mass is 9.33. The molecule has 0 radical (unpaired) electrons. The van der Waals surface area contributed by atoms with Crippen molar-refractivity contribution in [2.24, 2.45) is 0 Å². The van der Waals surface area contributed by atoms with Crippen LogP contribution in [0.4, 0.5) is 51.2 Å². The van der Waals surface area contributed by atoms with Crippen LogP contribution >= 0.6 is 0 Å². The van der Waals surface area contributed by atoms with Crippen LogP contribution in [0.1, 0.15) is 11.1 Å². The summed E-state index contributed by atoms with van der Waals surface area (Å²) >= 11 is 0. The topological polar surface area (TPSA) is 9.72 Å². The smallest absolute Gasteiger partial charge is 0.252 e. The first-order valence-corrected chi connectivity index (χ1v) is 16.7. The minimum atomic E-state index is 0.0823. The van der Waals surface area contributed by atoms with Gasteiger partial charge in [0.05, 0.1) is 11.4 Å². The van der Waals surface area contributed by atoms with Crippen molar-refractivity contribution in [3.05, 3.63) is 181 Å². The van der Waals surface area contributed by atoms with Crippen LogP contribution in [0, 0.1) is 13.8 Å². The highest BCUT2D eigenvalue weighted by molar-refractivity contribution is 7.00. The van der Waals surface area contributed by atoms with Gasteiger partial charge in [0.15, 0.2) is 0 Å². The summed E-state index contributed by atoms with van der Waals surface area (Å²) in [5, 5.41) is 0. The molecule has 3 nitrogen and oxygen atoms in total. The molecule has 0 fully saturated rings. The molecule has 0 amide bonds. The van der Waals surface area contributed by atoms with Gasteiger partial charge in [0.2, 0.25) is 0 Å². The molecule has 0 aliphatic carbocycles.